The summed E-state index contributed by atoms with van der Waals surface area (Å²) in [6.45, 7) is 4.03. The van der Waals surface area contributed by atoms with E-state index in [2.05, 4.69) is 27.1 Å². The van der Waals surface area contributed by atoms with Crippen LogP contribution in [0.25, 0.3) is 0 Å². The Labute approximate surface area is 149 Å². The maximum atomic E-state index is 12.9. The maximum absolute atomic E-state index is 12.9. The molecule has 0 aliphatic carbocycles. The minimum absolute atomic E-state index is 0.126. The van der Waals surface area contributed by atoms with E-state index in [0.717, 1.165) is 43.9 Å². The largest absolute Gasteiger partial charge is 0.416 e. The molecule has 1 aliphatic heterocycles. The molecule has 0 amide bonds. The summed E-state index contributed by atoms with van der Waals surface area (Å²) in [4.78, 5) is 10.7. The Kier molecular flexibility index (Phi) is 5.03. The zero-order chi connectivity index (χ0) is 18.0. The van der Waals surface area contributed by atoms with Crippen LogP contribution in [-0.4, -0.2) is 23.1 Å². The second-order valence-corrected chi connectivity index (χ2v) is 6.63. The average molecular weight is 371 g/mol. The van der Waals surface area contributed by atoms with Crippen LogP contribution in [-0.2, 0) is 6.18 Å². The predicted molar refractivity (Wildman–Crippen MR) is 92.4 cm³/mol. The molecule has 134 valence electrons. The highest BCUT2D eigenvalue weighted by molar-refractivity contribution is 6.33. The predicted octanol–water partition coefficient (Wildman–Crippen LogP) is 5.13. The molecule has 0 bridgehead atoms. The zero-order valence-electron chi connectivity index (χ0n) is 13.6. The average Bonchev–Trinajstić information content (AvgIpc) is 2.57. The van der Waals surface area contributed by atoms with Gasteiger partial charge in [0.15, 0.2) is 0 Å². The molecule has 25 heavy (non-hydrogen) atoms. The number of nitrogens with one attached hydrogen (secondary N) is 1. The summed E-state index contributed by atoms with van der Waals surface area (Å²) in [5.74, 6) is 1.67. The van der Waals surface area contributed by atoms with Gasteiger partial charge >= 0.3 is 6.18 Å². The molecule has 0 radical (unpaired) electrons. The molecule has 1 aromatic carbocycles. The first-order valence-corrected chi connectivity index (χ1v) is 8.42. The van der Waals surface area contributed by atoms with Gasteiger partial charge in [0, 0.05) is 19.3 Å². The Morgan fingerprint density at radius 3 is 2.60 bits per heavy atom. The number of alkyl halides is 3. The molecule has 0 atom stereocenters. The van der Waals surface area contributed by atoms with E-state index >= 15 is 0 Å². The molecular formula is C17H18ClF3N4. The van der Waals surface area contributed by atoms with Gasteiger partial charge in [0.2, 0.25) is 5.95 Å². The first kappa shape index (κ1) is 17.8. The van der Waals surface area contributed by atoms with Crippen molar-refractivity contribution >= 4 is 29.1 Å². The van der Waals surface area contributed by atoms with Crippen LogP contribution in [0.3, 0.4) is 0 Å². The van der Waals surface area contributed by atoms with E-state index in [4.69, 9.17) is 11.6 Å². The second-order valence-electron chi connectivity index (χ2n) is 6.23. The van der Waals surface area contributed by atoms with Crippen molar-refractivity contribution in [3.05, 3.63) is 41.0 Å². The van der Waals surface area contributed by atoms with Gasteiger partial charge in [-0.2, -0.15) is 18.2 Å². The molecule has 1 saturated heterocycles. The van der Waals surface area contributed by atoms with Crippen molar-refractivity contribution in [2.24, 2.45) is 5.92 Å². The van der Waals surface area contributed by atoms with Crippen molar-refractivity contribution in [1.82, 2.24) is 9.97 Å². The number of aromatic nitrogens is 2. The fourth-order valence-corrected chi connectivity index (χ4v) is 2.91. The first-order chi connectivity index (χ1) is 11.8. The number of rotatable bonds is 3. The summed E-state index contributed by atoms with van der Waals surface area (Å²) in [7, 11) is 0. The first-order valence-electron chi connectivity index (χ1n) is 8.04. The standard InChI is InChI=1S/C17H18ClF3N4/c1-11-5-8-25(9-6-11)15-4-7-22-16(24-15)23-14-10-12(17(19,20)21)2-3-13(14)18/h2-4,7,10-11H,5-6,8-9H2,1H3,(H,22,23,24). The molecular weight excluding hydrogens is 353 g/mol. The molecule has 8 heteroatoms. The van der Waals surface area contributed by atoms with E-state index in [1.165, 1.54) is 6.07 Å². The molecule has 1 N–H and O–H groups in total. The number of anilines is 3. The van der Waals surface area contributed by atoms with Crippen molar-refractivity contribution in [3.63, 3.8) is 0 Å². The van der Waals surface area contributed by atoms with E-state index in [9.17, 15) is 13.2 Å². The highest BCUT2D eigenvalue weighted by atomic mass is 35.5. The van der Waals surface area contributed by atoms with Crippen molar-refractivity contribution in [1.29, 1.82) is 0 Å². The number of halogens is 4. The Hall–Kier alpha value is -2.02. The van der Waals surface area contributed by atoms with Crippen molar-refractivity contribution in [3.8, 4) is 0 Å². The molecule has 1 fully saturated rings. The second kappa shape index (κ2) is 7.07. The lowest BCUT2D eigenvalue weighted by Gasteiger charge is -2.31. The third kappa shape index (κ3) is 4.34. The molecule has 4 nitrogen and oxygen atoms in total. The van der Waals surface area contributed by atoms with Gasteiger partial charge in [0.1, 0.15) is 5.82 Å². The van der Waals surface area contributed by atoms with Crippen LogP contribution in [0.4, 0.5) is 30.6 Å². The summed E-state index contributed by atoms with van der Waals surface area (Å²) < 4.78 is 38.6. The van der Waals surface area contributed by atoms with Gasteiger partial charge in [0.05, 0.1) is 16.3 Å². The van der Waals surface area contributed by atoms with Crippen LogP contribution in [0, 0.1) is 5.92 Å². The van der Waals surface area contributed by atoms with Crippen LogP contribution < -0.4 is 10.2 Å². The van der Waals surface area contributed by atoms with Gasteiger partial charge in [-0.15, -0.1) is 0 Å². The Morgan fingerprint density at radius 1 is 1.20 bits per heavy atom. The van der Waals surface area contributed by atoms with Gasteiger partial charge < -0.3 is 10.2 Å². The molecule has 0 unspecified atom stereocenters. The van der Waals surface area contributed by atoms with Crippen molar-refractivity contribution < 1.29 is 13.2 Å². The van der Waals surface area contributed by atoms with Crippen LogP contribution >= 0.6 is 11.6 Å². The number of benzene rings is 1. The van der Waals surface area contributed by atoms with Crippen molar-refractivity contribution in [2.45, 2.75) is 25.9 Å². The topological polar surface area (TPSA) is 41.1 Å². The number of hydrogen-bond acceptors (Lipinski definition) is 4. The molecule has 2 heterocycles. The maximum Gasteiger partial charge on any atom is 0.416 e. The van der Waals surface area contributed by atoms with E-state index in [1.54, 1.807) is 12.3 Å². The summed E-state index contributed by atoms with van der Waals surface area (Å²) in [6.07, 6.45) is -0.670. The molecule has 3 rings (SSSR count). The van der Waals surface area contributed by atoms with Crippen LogP contribution in [0.1, 0.15) is 25.3 Å². The summed E-state index contributed by atoms with van der Waals surface area (Å²) in [5, 5.41) is 2.97. The minimum atomic E-state index is -4.44. The SMILES string of the molecule is CC1CCN(c2ccnc(Nc3cc(C(F)(F)F)ccc3Cl)n2)CC1. The molecule has 2 aromatic rings. The van der Waals surface area contributed by atoms with Crippen LogP contribution in [0.15, 0.2) is 30.5 Å². The summed E-state index contributed by atoms with van der Waals surface area (Å²) in [6, 6.07) is 4.91. The smallest absolute Gasteiger partial charge is 0.356 e. The fourth-order valence-electron chi connectivity index (χ4n) is 2.74. The Morgan fingerprint density at radius 2 is 1.92 bits per heavy atom. The zero-order valence-corrected chi connectivity index (χ0v) is 14.4. The lowest BCUT2D eigenvalue weighted by atomic mass is 9.99. The molecule has 1 aromatic heterocycles. The van der Waals surface area contributed by atoms with Crippen LogP contribution in [0.5, 0.6) is 0 Å². The normalized spacial score (nSPS) is 16.1. The highest BCUT2D eigenvalue weighted by Gasteiger charge is 2.31. The third-order valence-corrected chi connectivity index (χ3v) is 4.62. The number of hydrogen-bond donors (Lipinski definition) is 1. The Balaban J connectivity index is 1.81. The lowest BCUT2D eigenvalue weighted by molar-refractivity contribution is -0.137. The molecule has 0 spiro atoms. The number of nitrogens with zero attached hydrogens (tertiary/aromatic N) is 3. The number of piperidine rings is 1. The van der Waals surface area contributed by atoms with Crippen molar-refractivity contribution in [2.75, 3.05) is 23.3 Å². The Bertz CT molecular complexity index is 743. The van der Waals surface area contributed by atoms with E-state index in [1.807, 2.05) is 0 Å². The van der Waals surface area contributed by atoms with E-state index < -0.39 is 11.7 Å². The monoisotopic (exact) mass is 370 g/mol. The van der Waals surface area contributed by atoms with Gasteiger partial charge in [-0.05, 0) is 43.0 Å². The molecule has 1 aliphatic rings. The van der Waals surface area contributed by atoms with Gasteiger partial charge in [-0.1, -0.05) is 18.5 Å². The van der Waals surface area contributed by atoms with E-state index in [0.29, 0.717) is 5.92 Å². The quantitative estimate of drug-likeness (QED) is 0.813. The highest BCUT2D eigenvalue weighted by Crippen LogP contribution is 2.34. The van der Waals surface area contributed by atoms with Gasteiger partial charge in [-0.3, -0.25) is 0 Å². The van der Waals surface area contributed by atoms with Gasteiger partial charge in [0.25, 0.3) is 0 Å². The fraction of sp³-hybridized carbons (Fsp3) is 0.412. The van der Waals surface area contributed by atoms with Crippen LogP contribution in [0.2, 0.25) is 5.02 Å². The van der Waals surface area contributed by atoms with Gasteiger partial charge in [-0.25, -0.2) is 4.98 Å². The summed E-state index contributed by atoms with van der Waals surface area (Å²) in [5.41, 5.74) is -0.651. The lowest BCUT2D eigenvalue weighted by Crippen LogP contribution is -2.33. The third-order valence-electron chi connectivity index (χ3n) is 4.29. The summed E-state index contributed by atoms with van der Waals surface area (Å²) >= 11 is 6.00. The molecule has 0 saturated carbocycles. The van der Waals surface area contributed by atoms with E-state index in [-0.39, 0.29) is 16.7 Å². The minimum Gasteiger partial charge on any atom is -0.356 e.